The van der Waals surface area contributed by atoms with Gasteiger partial charge in [-0.15, -0.1) is 0 Å². The van der Waals surface area contributed by atoms with Crippen LogP contribution in [0.15, 0.2) is 70.3 Å². The zero-order valence-electron chi connectivity index (χ0n) is 30.9. The van der Waals surface area contributed by atoms with E-state index in [0.717, 1.165) is 0 Å². The molecule has 2 atom stereocenters. The number of amides is 4. The fraction of sp³-hybridized carbons (Fsp3) is 0.474. The highest BCUT2D eigenvalue weighted by Crippen LogP contribution is 2.18. The molecule has 3 aromatic rings. The van der Waals surface area contributed by atoms with E-state index < -0.39 is 46.3 Å². The lowest BCUT2D eigenvalue weighted by molar-refractivity contribution is -0.124. The summed E-state index contributed by atoms with van der Waals surface area (Å²) in [5, 5.41) is 17.0. The summed E-state index contributed by atoms with van der Waals surface area (Å²) in [4.78, 5) is 75.2. The van der Waals surface area contributed by atoms with Crippen LogP contribution in [0.1, 0.15) is 90.4 Å². The number of alkyl carbamates (subject to hydrolysis) is 2. The summed E-state index contributed by atoms with van der Waals surface area (Å²) in [5.74, 6) is -0.765. The zero-order chi connectivity index (χ0) is 38.3. The van der Waals surface area contributed by atoms with Crippen LogP contribution in [0.25, 0.3) is 0 Å². The first kappa shape index (κ1) is 41.0. The molecule has 0 fully saturated rings. The van der Waals surface area contributed by atoms with Gasteiger partial charge in [0.1, 0.15) is 34.7 Å². The standard InChI is InChI=1S/C38H52N6O8/c1-37(2,3)51-35(49)43-27(25-17-9-7-10-18-25)33(47)41-23-15-13-21-39-29-30(32(46)31(29)45)40-22-14-16-24-42-34(48)28(26-19-11-8-12-20-26)44-36(50)52-38(4,5)6/h7-12,17-20,27-28,39-40H,13-16,21-24H2,1-6H3,(H,41,47)(H,42,48)(H,43,49)(H,44,50). The van der Waals surface area contributed by atoms with Crippen molar-refractivity contribution in [3.8, 4) is 0 Å². The van der Waals surface area contributed by atoms with E-state index >= 15 is 0 Å². The highest BCUT2D eigenvalue weighted by atomic mass is 16.6. The lowest BCUT2D eigenvalue weighted by atomic mass is 10.1. The number of rotatable bonds is 18. The average Bonchev–Trinajstić information content (AvgIpc) is 3.08. The molecular weight excluding hydrogens is 668 g/mol. The Balaban J connectivity index is 1.38. The monoisotopic (exact) mass is 720 g/mol. The molecule has 3 aromatic carbocycles. The summed E-state index contributed by atoms with van der Waals surface area (Å²) in [5.41, 5.74) is -0.938. The van der Waals surface area contributed by atoms with Crippen molar-refractivity contribution in [1.82, 2.24) is 21.3 Å². The highest BCUT2D eigenvalue weighted by molar-refractivity contribution is 5.87. The summed E-state index contributed by atoms with van der Waals surface area (Å²) in [6, 6.07) is 15.9. The minimum absolute atomic E-state index is 0.229. The SMILES string of the molecule is CC(C)(C)OC(=O)NC(C(=O)NCCCCNc1c(NCCCCNC(=O)C(NC(=O)OC(C)(C)C)c2ccccc2)c(=O)c1=O)c1ccccc1. The topological polar surface area (TPSA) is 193 Å². The number of carbonyl (C=O) groups is 4. The van der Waals surface area contributed by atoms with Crippen LogP contribution in [0.3, 0.4) is 0 Å². The third-order valence-electron chi connectivity index (χ3n) is 7.43. The minimum atomic E-state index is -0.935. The number of hydrogen-bond acceptors (Lipinski definition) is 10. The zero-order valence-corrected chi connectivity index (χ0v) is 30.9. The number of carbonyl (C=O) groups excluding carboxylic acids is 4. The van der Waals surface area contributed by atoms with E-state index in [2.05, 4.69) is 31.9 Å². The van der Waals surface area contributed by atoms with E-state index in [0.29, 0.717) is 63.0 Å². The molecule has 0 spiro atoms. The number of nitrogens with one attached hydrogen (secondary N) is 6. The van der Waals surface area contributed by atoms with Crippen LogP contribution in [-0.4, -0.2) is 61.4 Å². The van der Waals surface area contributed by atoms with E-state index in [1.165, 1.54) is 0 Å². The minimum Gasteiger partial charge on any atom is -0.444 e. The van der Waals surface area contributed by atoms with E-state index in [1.54, 1.807) is 90.1 Å². The molecule has 3 rings (SSSR count). The number of hydrogen-bond donors (Lipinski definition) is 6. The molecule has 0 aliphatic carbocycles. The van der Waals surface area contributed by atoms with Crippen molar-refractivity contribution in [2.75, 3.05) is 36.8 Å². The maximum atomic E-state index is 13.0. The van der Waals surface area contributed by atoms with Gasteiger partial charge in [-0.3, -0.25) is 19.2 Å². The van der Waals surface area contributed by atoms with Crippen LogP contribution in [0.5, 0.6) is 0 Å². The number of anilines is 2. The lowest BCUT2D eigenvalue weighted by Crippen LogP contribution is -2.42. The molecule has 0 heterocycles. The fourth-order valence-corrected chi connectivity index (χ4v) is 5.03. The molecule has 0 aliphatic heterocycles. The molecule has 0 radical (unpaired) electrons. The molecule has 2 unspecified atom stereocenters. The van der Waals surface area contributed by atoms with E-state index in [4.69, 9.17) is 9.47 Å². The van der Waals surface area contributed by atoms with Crippen LogP contribution in [0.2, 0.25) is 0 Å². The number of ether oxygens (including phenoxy) is 2. The first-order chi connectivity index (χ1) is 24.6. The quantitative estimate of drug-likeness (QED) is 0.0809. The average molecular weight is 721 g/mol. The van der Waals surface area contributed by atoms with Gasteiger partial charge in [0.25, 0.3) is 10.9 Å². The third kappa shape index (κ3) is 13.7. The molecule has 0 aromatic heterocycles. The van der Waals surface area contributed by atoms with Gasteiger partial charge in [-0.2, -0.15) is 0 Å². The summed E-state index contributed by atoms with van der Waals surface area (Å²) in [7, 11) is 0. The Bertz CT molecular complexity index is 1570. The third-order valence-corrected chi connectivity index (χ3v) is 7.43. The molecule has 14 nitrogen and oxygen atoms in total. The van der Waals surface area contributed by atoms with E-state index in [-0.39, 0.29) is 23.2 Å². The second-order valence-corrected chi connectivity index (χ2v) is 14.2. The Labute approximate surface area is 304 Å². The van der Waals surface area contributed by atoms with Gasteiger partial charge in [-0.05, 0) is 78.4 Å². The van der Waals surface area contributed by atoms with Crippen LogP contribution in [0.4, 0.5) is 21.0 Å². The van der Waals surface area contributed by atoms with Gasteiger partial charge in [0.2, 0.25) is 11.8 Å². The largest absolute Gasteiger partial charge is 0.444 e. The normalized spacial score (nSPS) is 12.6. The molecule has 52 heavy (non-hydrogen) atoms. The first-order valence-corrected chi connectivity index (χ1v) is 17.5. The van der Waals surface area contributed by atoms with Crippen molar-refractivity contribution < 1.29 is 28.7 Å². The van der Waals surface area contributed by atoms with E-state index in [1.807, 2.05) is 12.1 Å². The maximum absolute atomic E-state index is 13.0. The van der Waals surface area contributed by atoms with Crippen molar-refractivity contribution >= 4 is 35.4 Å². The lowest BCUT2D eigenvalue weighted by Gasteiger charge is -2.23. The van der Waals surface area contributed by atoms with Gasteiger partial charge in [0.05, 0.1) is 0 Å². The second-order valence-electron chi connectivity index (χ2n) is 14.2. The summed E-state index contributed by atoms with van der Waals surface area (Å²) in [6.07, 6.45) is 0.948. The van der Waals surface area contributed by atoms with Crippen LogP contribution in [0, 0.1) is 0 Å². The van der Waals surface area contributed by atoms with Gasteiger partial charge in [-0.1, -0.05) is 60.7 Å². The smallest absolute Gasteiger partial charge is 0.408 e. The van der Waals surface area contributed by atoms with Crippen LogP contribution >= 0.6 is 0 Å². The van der Waals surface area contributed by atoms with Crippen LogP contribution in [-0.2, 0) is 19.1 Å². The van der Waals surface area contributed by atoms with Crippen molar-refractivity contribution in [1.29, 1.82) is 0 Å². The Kier molecular flexibility index (Phi) is 15.2. The van der Waals surface area contributed by atoms with Crippen molar-refractivity contribution in [2.45, 2.75) is 90.5 Å². The van der Waals surface area contributed by atoms with Crippen LogP contribution < -0.4 is 42.8 Å². The maximum Gasteiger partial charge on any atom is 0.408 e. The van der Waals surface area contributed by atoms with Gasteiger partial charge in [-0.25, -0.2) is 9.59 Å². The summed E-state index contributed by atoms with van der Waals surface area (Å²) < 4.78 is 10.7. The Morgan fingerprint density at radius 3 is 1.19 bits per heavy atom. The summed E-state index contributed by atoms with van der Waals surface area (Å²) >= 11 is 0. The summed E-state index contributed by atoms with van der Waals surface area (Å²) in [6.45, 7) is 11.9. The molecular formula is C38H52N6O8. The molecule has 0 saturated heterocycles. The molecule has 14 heteroatoms. The van der Waals surface area contributed by atoms with Crippen molar-refractivity contribution in [2.24, 2.45) is 0 Å². The molecule has 4 amide bonds. The molecule has 0 bridgehead atoms. The molecule has 6 N–H and O–H groups in total. The Morgan fingerprint density at radius 2 is 0.865 bits per heavy atom. The van der Waals surface area contributed by atoms with E-state index in [9.17, 15) is 28.8 Å². The van der Waals surface area contributed by atoms with Gasteiger partial charge >= 0.3 is 12.2 Å². The number of benzene rings is 2. The van der Waals surface area contributed by atoms with Gasteiger partial charge < -0.3 is 41.4 Å². The Morgan fingerprint density at radius 1 is 0.538 bits per heavy atom. The fourth-order valence-electron chi connectivity index (χ4n) is 5.03. The molecule has 0 aliphatic rings. The Hall–Kier alpha value is -5.40. The predicted molar refractivity (Wildman–Crippen MR) is 200 cm³/mol. The van der Waals surface area contributed by atoms with Crippen molar-refractivity contribution in [3.05, 3.63) is 92.2 Å². The van der Waals surface area contributed by atoms with Gasteiger partial charge in [0.15, 0.2) is 0 Å². The first-order valence-electron chi connectivity index (χ1n) is 17.5. The highest BCUT2D eigenvalue weighted by Gasteiger charge is 2.27. The number of unbranched alkanes of at least 4 members (excludes halogenated alkanes) is 2. The molecule has 282 valence electrons. The van der Waals surface area contributed by atoms with Crippen molar-refractivity contribution in [3.63, 3.8) is 0 Å². The predicted octanol–water partition coefficient (Wildman–Crippen LogP) is 4.43. The second kappa shape index (κ2) is 19.3. The molecule has 0 saturated carbocycles. The van der Waals surface area contributed by atoms with Gasteiger partial charge in [0, 0.05) is 26.2 Å².